The first-order valence-electron chi connectivity index (χ1n) is 6.48. The normalized spacial score (nSPS) is 11.9. The quantitative estimate of drug-likeness (QED) is 0.429. The summed E-state index contributed by atoms with van der Waals surface area (Å²) in [4.78, 5) is 9.15. The summed E-state index contributed by atoms with van der Waals surface area (Å²) in [6.45, 7) is 10.7. The van der Waals surface area contributed by atoms with Gasteiger partial charge in [0.05, 0.1) is 0 Å². The summed E-state index contributed by atoms with van der Waals surface area (Å²) >= 11 is 5.44. The van der Waals surface area contributed by atoms with Gasteiger partial charge in [-0.1, -0.05) is 41.5 Å². The van der Waals surface area contributed by atoms with Crippen molar-refractivity contribution < 1.29 is 0 Å². The lowest BCUT2D eigenvalue weighted by molar-refractivity contribution is 0.359. The van der Waals surface area contributed by atoms with Crippen molar-refractivity contribution in [1.82, 2.24) is 9.97 Å². The number of hydrogen-bond acceptors (Lipinski definition) is 3. The summed E-state index contributed by atoms with van der Waals surface area (Å²) in [5.41, 5.74) is 3.77. The molecule has 0 fully saturated rings. The molecule has 18 heavy (non-hydrogen) atoms. The van der Waals surface area contributed by atoms with Crippen molar-refractivity contribution in [2.75, 3.05) is 11.1 Å². The molecule has 4 heteroatoms. The van der Waals surface area contributed by atoms with Crippen molar-refractivity contribution in [3.05, 3.63) is 17.0 Å². The van der Waals surface area contributed by atoms with E-state index in [0.717, 1.165) is 27.6 Å². The predicted octanol–water partition coefficient (Wildman–Crippen LogP) is 4.70. The van der Waals surface area contributed by atoms with Crippen LogP contribution >= 0.6 is 27.7 Å². The summed E-state index contributed by atoms with van der Waals surface area (Å²) in [5.74, 6) is 1.08. The maximum Gasteiger partial charge on any atom is 0.188 e. The Morgan fingerprint density at radius 2 is 1.56 bits per heavy atom. The van der Waals surface area contributed by atoms with Crippen LogP contribution in [-0.2, 0) is 0 Å². The molecule has 0 saturated heterocycles. The van der Waals surface area contributed by atoms with Gasteiger partial charge in [-0.3, -0.25) is 0 Å². The molecule has 0 aliphatic carbocycles. The Morgan fingerprint density at radius 1 is 1.06 bits per heavy atom. The Kier molecular flexibility index (Phi) is 6.12. The molecule has 0 bridgehead atoms. The second-order valence-electron chi connectivity index (χ2n) is 4.93. The molecule has 0 atom stereocenters. The maximum atomic E-state index is 4.58. The van der Waals surface area contributed by atoms with Crippen LogP contribution in [0.25, 0.3) is 0 Å². The fourth-order valence-electron chi connectivity index (χ4n) is 1.71. The summed E-state index contributed by atoms with van der Waals surface area (Å²) in [7, 11) is 0. The number of nitrogens with zero attached hydrogens (tertiary/aromatic N) is 2. The van der Waals surface area contributed by atoms with Gasteiger partial charge >= 0.3 is 0 Å². The lowest BCUT2D eigenvalue weighted by Gasteiger charge is -2.28. The monoisotopic (exact) mass is 330 g/mol. The van der Waals surface area contributed by atoms with Crippen LogP contribution in [0.1, 0.15) is 43.6 Å². The predicted molar refractivity (Wildman–Crippen MR) is 83.8 cm³/mol. The van der Waals surface area contributed by atoms with Crippen molar-refractivity contribution in [3.63, 3.8) is 0 Å². The lowest BCUT2D eigenvalue weighted by atomic mass is 9.87. The van der Waals surface area contributed by atoms with Crippen molar-refractivity contribution in [3.8, 4) is 0 Å². The van der Waals surface area contributed by atoms with E-state index in [2.05, 4.69) is 60.5 Å². The third-order valence-corrected chi connectivity index (χ3v) is 6.29. The van der Waals surface area contributed by atoms with E-state index in [1.807, 2.05) is 0 Å². The Balaban J connectivity index is 2.80. The zero-order valence-electron chi connectivity index (χ0n) is 12.0. The molecule has 2 nitrogen and oxygen atoms in total. The van der Waals surface area contributed by atoms with Crippen LogP contribution in [0.4, 0.5) is 0 Å². The minimum atomic E-state index is 0.362. The topological polar surface area (TPSA) is 25.8 Å². The molecule has 0 aromatic carbocycles. The molecule has 1 rings (SSSR count). The summed E-state index contributed by atoms with van der Waals surface area (Å²) in [6.07, 6.45) is 2.37. The molecule has 0 amide bonds. The highest BCUT2D eigenvalue weighted by Crippen LogP contribution is 2.34. The van der Waals surface area contributed by atoms with Gasteiger partial charge in [0.1, 0.15) is 0 Å². The van der Waals surface area contributed by atoms with Crippen LogP contribution in [0, 0.1) is 26.2 Å². The van der Waals surface area contributed by atoms with Gasteiger partial charge in [-0.25, -0.2) is 9.97 Å². The average molecular weight is 331 g/mol. The number of rotatable bonds is 6. The lowest BCUT2D eigenvalue weighted by Crippen LogP contribution is -2.24. The summed E-state index contributed by atoms with van der Waals surface area (Å²) in [6, 6.07) is 0. The first-order valence-corrected chi connectivity index (χ1v) is 8.59. The summed E-state index contributed by atoms with van der Waals surface area (Å²) in [5, 5.41) is 1.96. The van der Waals surface area contributed by atoms with Crippen LogP contribution in [0.15, 0.2) is 5.16 Å². The molecule has 1 aromatic rings. The molecular formula is C14H23BrN2S. The van der Waals surface area contributed by atoms with Gasteiger partial charge in [-0.05, 0) is 44.6 Å². The number of thioether (sulfide) groups is 1. The fraction of sp³-hybridized carbons (Fsp3) is 0.714. The van der Waals surface area contributed by atoms with Crippen LogP contribution in [0.5, 0.6) is 0 Å². The fourth-order valence-corrected chi connectivity index (χ4v) is 4.31. The van der Waals surface area contributed by atoms with E-state index < -0.39 is 0 Å². The van der Waals surface area contributed by atoms with Gasteiger partial charge in [0.15, 0.2) is 5.16 Å². The smallest absolute Gasteiger partial charge is 0.188 e. The molecule has 0 spiro atoms. The number of alkyl halides is 1. The Labute approximate surface area is 124 Å². The van der Waals surface area contributed by atoms with E-state index >= 15 is 0 Å². The molecule has 0 aliphatic heterocycles. The van der Waals surface area contributed by atoms with Gasteiger partial charge in [-0.15, -0.1) is 0 Å². The second-order valence-corrected chi connectivity index (χ2v) is 6.43. The molecule has 0 N–H and O–H groups in total. The van der Waals surface area contributed by atoms with Crippen molar-refractivity contribution in [1.29, 1.82) is 0 Å². The molecule has 1 aromatic heterocycles. The zero-order valence-corrected chi connectivity index (χ0v) is 14.4. The van der Waals surface area contributed by atoms with E-state index in [-0.39, 0.29) is 0 Å². The first kappa shape index (κ1) is 16.0. The standard InChI is InChI=1S/C14H23BrN2S/c1-6-14(7-2,8-15)9-18-13-16-11(4)10(3)12(5)17-13/h6-9H2,1-5H3. The minimum Gasteiger partial charge on any atom is -0.228 e. The van der Waals surface area contributed by atoms with Crippen LogP contribution in [0.3, 0.4) is 0 Å². The maximum absolute atomic E-state index is 4.58. The molecule has 102 valence electrons. The molecule has 0 unspecified atom stereocenters. The molecule has 1 heterocycles. The number of aromatic nitrogens is 2. The highest BCUT2D eigenvalue weighted by atomic mass is 79.9. The Morgan fingerprint density at radius 3 is 1.94 bits per heavy atom. The van der Waals surface area contributed by atoms with Gasteiger partial charge in [0, 0.05) is 22.5 Å². The minimum absolute atomic E-state index is 0.362. The molecule has 0 radical (unpaired) electrons. The second kappa shape index (κ2) is 6.90. The van der Waals surface area contributed by atoms with Crippen molar-refractivity contribution in [2.24, 2.45) is 5.41 Å². The molecule has 0 saturated carbocycles. The van der Waals surface area contributed by atoms with Crippen LogP contribution in [0.2, 0.25) is 0 Å². The highest BCUT2D eigenvalue weighted by molar-refractivity contribution is 9.09. The third-order valence-electron chi connectivity index (χ3n) is 3.90. The van der Waals surface area contributed by atoms with E-state index in [1.54, 1.807) is 11.8 Å². The van der Waals surface area contributed by atoms with Crippen molar-refractivity contribution in [2.45, 2.75) is 52.6 Å². The number of aryl methyl sites for hydroxylation is 2. The highest BCUT2D eigenvalue weighted by Gasteiger charge is 2.25. The first-order chi connectivity index (χ1) is 8.48. The van der Waals surface area contributed by atoms with Gasteiger partial charge in [-0.2, -0.15) is 0 Å². The SMILES string of the molecule is CCC(CC)(CBr)CSc1nc(C)c(C)c(C)n1. The van der Waals surface area contributed by atoms with Crippen LogP contribution in [-0.4, -0.2) is 21.1 Å². The number of hydrogen-bond donors (Lipinski definition) is 0. The zero-order chi connectivity index (χ0) is 13.8. The summed E-state index contributed by atoms with van der Waals surface area (Å²) < 4.78 is 0. The largest absolute Gasteiger partial charge is 0.228 e. The number of halogens is 1. The van der Waals surface area contributed by atoms with E-state index in [9.17, 15) is 0 Å². The molecular weight excluding hydrogens is 308 g/mol. The van der Waals surface area contributed by atoms with Gasteiger partial charge in [0.25, 0.3) is 0 Å². The van der Waals surface area contributed by atoms with E-state index in [0.29, 0.717) is 5.41 Å². The van der Waals surface area contributed by atoms with E-state index in [4.69, 9.17) is 0 Å². The average Bonchev–Trinajstić information content (AvgIpc) is 2.38. The Bertz CT molecular complexity index is 372. The van der Waals surface area contributed by atoms with Crippen LogP contribution < -0.4 is 0 Å². The van der Waals surface area contributed by atoms with Gasteiger partial charge in [0.2, 0.25) is 0 Å². The Hall–Kier alpha value is -0.0900. The third kappa shape index (κ3) is 3.70. The van der Waals surface area contributed by atoms with E-state index in [1.165, 1.54) is 18.4 Å². The van der Waals surface area contributed by atoms with Crippen molar-refractivity contribution >= 4 is 27.7 Å². The van der Waals surface area contributed by atoms with Gasteiger partial charge < -0.3 is 0 Å². The molecule has 0 aliphatic rings.